The van der Waals surface area contributed by atoms with Gasteiger partial charge in [-0.1, -0.05) is 142 Å². The van der Waals surface area contributed by atoms with E-state index in [2.05, 4.69) is 20.4 Å². The molecule has 0 aromatic heterocycles. The van der Waals surface area contributed by atoms with Gasteiger partial charge in [0.1, 0.15) is 0 Å². The minimum Gasteiger partial charge on any atom is -0.504 e. The molecule has 9 heteroatoms. The summed E-state index contributed by atoms with van der Waals surface area (Å²) in [4.78, 5) is 32.6. The van der Waals surface area contributed by atoms with Gasteiger partial charge in [0, 0.05) is 18.4 Å². The first-order chi connectivity index (χ1) is 24.7. The number of phenolic OH excluding ortho intramolecular Hbond substituents is 1. The SMILES string of the molecule is C=CCc1ccc(O)c(OC)c1.CC(=O)O.CCCCCCCCCCCCOC(=O)CCSCCC(=O)OCCCCCCCCCCCC. The number of thioether (sulfide) groups is 1. The van der Waals surface area contributed by atoms with Gasteiger partial charge >= 0.3 is 11.9 Å². The highest BCUT2D eigenvalue weighted by molar-refractivity contribution is 7.99. The van der Waals surface area contributed by atoms with Gasteiger partial charge in [-0.15, -0.1) is 6.58 Å². The van der Waals surface area contributed by atoms with Crippen molar-refractivity contribution in [2.24, 2.45) is 0 Å². The molecule has 2 N–H and O–H groups in total. The first-order valence-corrected chi connectivity index (χ1v) is 20.9. The summed E-state index contributed by atoms with van der Waals surface area (Å²) in [6.45, 7) is 10.3. The number of carbonyl (C=O) groups excluding carboxylic acids is 2. The van der Waals surface area contributed by atoms with Crippen LogP contribution in [-0.2, 0) is 30.3 Å². The first kappa shape index (κ1) is 50.4. The Balaban J connectivity index is 0. The maximum Gasteiger partial charge on any atom is 0.306 e. The lowest BCUT2D eigenvalue weighted by atomic mass is 10.1. The highest BCUT2D eigenvalue weighted by atomic mass is 32.2. The van der Waals surface area contributed by atoms with Crippen LogP contribution in [0.15, 0.2) is 30.9 Å². The Kier molecular flexibility index (Phi) is 39.6. The van der Waals surface area contributed by atoms with Crippen LogP contribution in [0.1, 0.15) is 168 Å². The van der Waals surface area contributed by atoms with Crippen LogP contribution in [0.3, 0.4) is 0 Å². The van der Waals surface area contributed by atoms with Crippen LogP contribution in [0.5, 0.6) is 11.5 Å². The van der Waals surface area contributed by atoms with E-state index in [9.17, 15) is 14.7 Å². The third-order valence-corrected chi connectivity index (χ3v) is 9.03. The van der Waals surface area contributed by atoms with Crippen molar-refractivity contribution in [3.8, 4) is 11.5 Å². The molecular weight excluding hydrogens is 665 g/mol. The van der Waals surface area contributed by atoms with Gasteiger partial charge in [-0.05, 0) is 37.0 Å². The number of hydrogen-bond donors (Lipinski definition) is 2. The number of unbranched alkanes of at least 4 members (excludes halogenated alkanes) is 18. The smallest absolute Gasteiger partial charge is 0.306 e. The number of ether oxygens (including phenoxy) is 3. The molecule has 0 saturated heterocycles. The zero-order chi connectivity index (χ0) is 38.2. The standard InChI is InChI=1S/C30H58O4S.C10H12O2.C2H4O2/c1-3-5-7-9-11-13-15-17-19-21-25-33-29(31)23-27-35-28-24-30(32)34-26-22-20-18-16-14-12-10-8-6-4-2;1-3-4-8-5-6-9(11)10(7-8)12-2;1-2(3)4/h3-28H2,1-2H3;3,5-7,11H,1,4H2,2H3;1H3,(H,3,4). The first-order valence-electron chi connectivity index (χ1n) is 19.8. The number of rotatable bonds is 31. The fourth-order valence-electron chi connectivity index (χ4n) is 5.12. The van der Waals surface area contributed by atoms with E-state index in [0.717, 1.165) is 44.6 Å². The lowest BCUT2D eigenvalue weighted by Crippen LogP contribution is -2.09. The van der Waals surface area contributed by atoms with Crippen molar-refractivity contribution in [3.05, 3.63) is 36.4 Å². The van der Waals surface area contributed by atoms with Crippen LogP contribution in [-0.4, -0.2) is 60.0 Å². The van der Waals surface area contributed by atoms with Crippen LogP contribution in [0.2, 0.25) is 0 Å². The minimum atomic E-state index is -0.833. The third-order valence-electron chi connectivity index (χ3n) is 8.05. The summed E-state index contributed by atoms with van der Waals surface area (Å²) in [5.41, 5.74) is 1.08. The molecule has 0 unspecified atom stereocenters. The van der Waals surface area contributed by atoms with E-state index in [0.29, 0.717) is 43.3 Å². The summed E-state index contributed by atoms with van der Waals surface area (Å²) in [6.07, 6.45) is 29.1. The predicted molar refractivity (Wildman–Crippen MR) is 214 cm³/mol. The largest absolute Gasteiger partial charge is 0.504 e. The van der Waals surface area contributed by atoms with Crippen molar-refractivity contribution in [3.63, 3.8) is 0 Å². The van der Waals surface area contributed by atoms with Crippen molar-refractivity contribution in [1.82, 2.24) is 0 Å². The van der Waals surface area contributed by atoms with Crippen molar-refractivity contribution in [2.45, 2.75) is 168 Å². The Labute approximate surface area is 315 Å². The number of aliphatic carboxylic acids is 1. The maximum atomic E-state index is 11.8. The van der Waals surface area contributed by atoms with Gasteiger partial charge in [-0.2, -0.15) is 11.8 Å². The summed E-state index contributed by atoms with van der Waals surface area (Å²) >= 11 is 1.63. The Bertz CT molecular complexity index is 924. The molecule has 0 atom stereocenters. The molecule has 0 aliphatic heterocycles. The van der Waals surface area contributed by atoms with Crippen molar-refractivity contribution < 1.29 is 38.8 Å². The Hall–Kier alpha value is -2.68. The van der Waals surface area contributed by atoms with E-state index in [-0.39, 0.29) is 17.7 Å². The van der Waals surface area contributed by atoms with E-state index in [4.69, 9.17) is 24.1 Å². The number of phenols is 1. The second-order valence-corrected chi connectivity index (χ2v) is 14.2. The average molecular weight is 739 g/mol. The van der Waals surface area contributed by atoms with Gasteiger partial charge in [0.2, 0.25) is 0 Å². The number of carboxylic acid groups (broad SMARTS) is 1. The quantitative estimate of drug-likeness (QED) is 0.0436. The van der Waals surface area contributed by atoms with Crippen LogP contribution in [0.4, 0.5) is 0 Å². The Morgan fingerprint density at radius 2 is 1.06 bits per heavy atom. The molecule has 296 valence electrons. The van der Waals surface area contributed by atoms with E-state index in [1.807, 2.05) is 12.1 Å². The molecule has 0 radical (unpaired) electrons. The average Bonchev–Trinajstić information content (AvgIpc) is 3.10. The second-order valence-electron chi connectivity index (χ2n) is 12.9. The van der Waals surface area contributed by atoms with Crippen LogP contribution in [0.25, 0.3) is 0 Å². The van der Waals surface area contributed by atoms with Crippen LogP contribution in [0, 0.1) is 0 Å². The van der Waals surface area contributed by atoms with Gasteiger partial charge in [-0.3, -0.25) is 14.4 Å². The molecule has 8 nitrogen and oxygen atoms in total. The van der Waals surface area contributed by atoms with E-state index in [1.165, 1.54) is 110 Å². The molecule has 0 aliphatic carbocycles. The highest BCUT2D eigenvalue weighted by Crippen LogP contribution is 2.26. The number of allylic oxidation sites excluding steroid dienone is 1. The Morgan fingerprint density at radius 3 is 1.41 bits per heavy atom. The highest BCUT2D eigenvalue weighted by Gasteiger charge is 2.06. The van der Waals surface area contributed by atoms with E-state index in [1.54, 1.807) is 23.9 Å². The molecule has 0 heterocycles. The number of esters is 2. The number of aromatic hydroxyl groups is 1. The molecule has 0 saturated carbocycles. The number of methoxy groups -OCH3 is 1. The van der Waals surface area contributed by atoms with Gasteiger partial charge in [0.25, 0.3) is 5.97 Å². The minimum absolute atomic E-state index is 0.114. The third kappa shape index (κ3) is 40.0. The summed E-state index contributed by atoms with van der Waals surface area (Å²) < 4.78 is 15.6. The Morgan fingerprint density at radius 1 is 0.686 bits per heavy atom. The maximum absolute atomic E-state index is 11.8. The number of hydrogen-bond acceptors (Lipinski definition) is 8. The molecule has 51 heavy (non-hydrogen) atoms. The normalized spacial score (nSPS) is 10.3. The molecule has 1 aromatic rings. The molecule has 1 aromatic carbocycles. The van der Waals surface area contributed by atoms with Crippen LogP contribution >= 0.6 is 11.8 Å². The number of benzene rings is 1. The topological polar surface area (TPSA) is 119 Å². The zero-order valence-electron chi connectivity index (χ0n) is 32.9. The van der Waals surface area contributed by atoms with Gasteiger partial charge < -0.3 is 24.4 Å². The lowest BCUT2D eigenvalue weighted by Gasteiger charge is -2.06. The van der Waals surface area contributed by atoms with Crippen molar-refractivity contribution in [2.75, 3.05) is 31.8 Å². The summed E-state index contributed by atoms with van der Waals surface area (Å²) in [5, 5.41) is 16.7. The van der Waals surface area contributed by atoms with Crippen molar-refractivity contribution in [1.29, 1.82) is 0 Å². The zero-order valence-corrected chi connectivity index (χ0v) is 33.7. The van der Waals surface area contributed by atoms with Crippen molar-refractivity contribution >= 4 is 29.7 Å². The molecule has 0 spiro atoms. The lowest BCUT2D eigenvalue weighted by molar-refractivity contribution is -0.144. The molecule has 1 rings (SSSR count). The van der Waals surface area contributed by atoms with E-state index < -0.39 is 5.97 Å². The van der Waals surface area contributed by atoms with Gasteiger partial charge in [0.15, 0.2) is 11.5 Å². The van der Waals surface area contributed by atoms with E-state index >= 15 is 0 Å². The van der Waals surface area contributed by atoms with Gasteiger partial charge in [-0.25, -0.2) is 0 Å². The number of carboxylic acids is 1. The fourth-order valence-corrected chi connectivity index (χ4v) is 5.95. The summed E-state index contributed by atoms with van der Waals surface area (Å²) in [6, 6.07) is 5.27. The second kappa shape index (κ2) is 40.1. The predicted octanol–water partition coefficient (Wildman–Crippen LogP) is 11.6. The van der Waals surface area contributed by atoms with Crippen LogP contribution < -0.4 is 4.74 Å². The monoisotopic (exact) mass is 739 g/mol. The molecular formula is C42H74O8S. The molecule has 0 amide bonds. The fraction of sp³-hybridized carbons (Fsp3) is 0.738. The molecule has 0 aliphatic rings. The summed E-state index contributed by atoms with van der Waals surface area (Å²) in [7, 11) is 1.53. The van der Waals surface area contributed by atoms with Gasteiger partial charge in [0.05, 0.1) is 33.2 Å². The molecule has 0 fully saturated rings. The summed E-state index contributed by atoms with van der Waals surface area (Å²) in [5.74, 6) is 1.04. The number of carbonyl (C=O) groups is 3. The molecule has 0 bridgehead atoms.